The third-order valence-electron chi connectivity index (χ3n) is 5.02. The summed E-state index contributed by atoms with van der Waals surface area (Å²) < 4.78 is 10.8. The summed E-state index contributed by atoms with van der Waals surface area (Å²) >= 11 is 0. The van der Waals surface area contributed by atoms with E-state index in [9.17, 15) is 4.79 Å². The molecule has 28 heavy (non-hydrogen) atoms. The molecule has 2 aromatic heterocycles. The summed E-state index contributed by atoms with van der Waals surface area (Å²) in [7, 11) is 1.64. The highest BCUT2D eigenvalue weighted by Crippen LogP contribution is 2.25. The van der Waals surface area contributed by atoms with Gasteiger partial charge >= 0.3 is 6.03 Å². The number of anilines is 1. The minimum atomic E-state index is -0.103. The predicted octanol–water partition coefficient (Wildman–Crippen LogP) is 1.09. The number of H-pyrrole nitrogens is 1. The molecule has 2 saturated heterocycles. The van der Waals surface area contributed by atoms with Crippen molar-refractivity contribution in [1.29, 1.82) is 0 Å². The summed E-state index contributed by atoms with van der Waals surface area (Å²) in [6, 6.07) is 3.62. The summed E-state index contributed by atoms with van der Waals surface area (Å²) in [6.07, 6.45) is 3.67. The number of methoxy groups -OCH3 is 1. The standard InChI is InChI=1S/C18H25N7O3/c1-27-13-4-5-19-16(11-13)24-6-8-25(9-7-24)18(26)20-12-15-21-17(23-22-15)14-3-2-10-28-14/h4-5,11,14H,2-3,6-10,12H2,1H3,(H,20,26)(H,21,22,23). The lowest BCUT2D eigenvalue weighted by atomic mass is 10.2. The Balaban J connectivity index is 1.25. The number of pyridine rings is 1. The van der Waals surface area contributed by atoms with Crippen LogP contribution < -0.4 is 15.0 Å². The predicted molar refractivity (Wildman–Crippen MR) is 101 cm³/mol. The number of piperazine rings is 1. The van der Waals surface area contributed by atoms with Crippen LogP contribution in [0.1, 0.15) is 30.6 Å². The fraction of sp³-hybridized carbons (Fsp3) is 0.556. The molecule has 0 saturated carbocycles. The van der Waals surface area contributed by atoms with Crippen molar-refractivity contribution >= 4 is 11.8 Å². The molecule has 0 aromatic carbocycles. The van der Waals surface area contributed by atoms with Gasteiger partial charge in [0.05, 0.1) is 13.7 Å². The Labute approximate surface area is 163 Å². The van der Waals surface area contributed by atoms with Crippen molar-refractivity contribution in [2.24, 2.45) is 0 Å². The van der Waals surface area contributed by atoms with Crippen molar-refractivity contribution in [3.05, 3.63) is 30.0 Å². The molecule has 150 valence electrons. The Morgan fingerprint density at radius 1 is 1.39 bits per heavy atom. The molecule has 0 spiro atoms. The molecule has 2 fully saturated rings. The van der Waals surface area contributed by atoms with Crippen LogP contribution in [0.25, 0.3) is 0 Å². The topological polar surface area (TPSA) is 108 Å². The van der Waals surface area contributed by atoms with Crippen LogP contribution in [0.4, 0.5) is 10.6 Å². The van der Waals surface area contributed by atoms with E-state index in [-0.39, 0.29) is 12.1 Å². The lowest BCUT2D eigenvalue weighted by Crippen LogP contribution is -2.52. The highest BCUT2D eigenvalue weighted by Gasteiger charge is 2.24. The number of nitrogens with one attached hydrogen (secondary N) is 2. The van der Waals surface area contributed by atoms with E-state index in [1.54, 1.807) is 18.2 Å². The van der Waals surface area contributed by atoms with E-state index in [1.807, 2.05) is 12.1 Å². The molecular weight excluding hydrogens is 362 g/mol. The van der Waals surface area contributed by atoms with Gasteiger partial charge in [-0.15, -0.1) is 0 Å². The third kappa shape index (κ3) is 4.16. The molecule has 1 unspecified atom stereocenters. The maximum Gasteiger partial charge on any atom is 0.317 e. The summed E-state index contributed by atoms with van der Waals surface area (Å²) in [5.41, 5.74) is 0. The fourth-order valence-corrected chi connectivity index (χ4v) is 3.42. The van der Waals surface area contributed by atoms with E-state index in [1.165, 1.54) is 0 Å². The van der Waals surface area contributed by atoms with Crippen LogP contribution in [0.15, 0.2) is 18.3 Å². The van der Waals surface area contributed by atoms with Gasteiger partial charge in [0.1, 0.15) is 23.5 Å². The van der Waals surface area contributed by atoms with Gasteiger partial charge in [-0.25, -0.2) is 14.8 Å². The molecule has 2 aliphatic heterocycles. The molecule has 4 heterocycles. The fourth-order valence-electron chi connectivity index (χ4n) is 3.42. The Hall–Kier alpha value is -2.88. The van der Waals surface area contributed by atoms with E-state index in [0.717, 1.165) is 44.1 Å². The number of urea groups is 1. The Morgan fingerprint density at radius 2 is 2.25 bits per heavy atom. The van der Waals surface area contributed by atoms with Crippen LogP contribution in [-0.2, 0) is 11.3 Å². The van der Waals surface area contributed by atoms with Crippen molar-refractivity contribution in [2.45, 2.75) is 25.5 Å². The minimum Gasteiger partial charge on any atom is -0.497 e. The monoisotopic (exact) mass is 387 g/mol. The lowest BCUT2D eigenvalue weighted by molar-refractivity contribution is 0.105. The Kier molecular flexibility index (Phi) is 5.56. The number of rotatable bonds is 5. The Morgan fingerprint density at radius 3 is 3.00 bits per heavy atom. The first-order valence-electron chi connectivity index (χ1n) is 9.53. The van der Waals surface area contributed by atoms with Crippen molar-refractivity contribution in [3.63, 3.8) is 0 Å². The minimum absolute atomic E-state index is 0.0287. The van der Waals surface area contributed by atoms with E-state index in [0.29, 0.717) is 31.3 Å². The van der Waals surface area contributed by atoms with Gasteiger partial charge in [0.15, 0.2) is 5.82 Å². The number of hydrogen-bond donors (Lipinski definition) is 2. The summed E-state index contributed by atoms with van der Waals surface area (Å²) in [4.78, 5) is 25.2. The van der Waals surface area contributed by atoms with Crippen molar-refractivity contribution in [2.75, 3.05) is 44.8 Å². The second-order valence-corrected chi connectivity index (χ2v) is 6.83. The van der Waals surface area contributed by atoms with Gasteiger partial charge in [0.25, 0.3) is 0 Å². The maximum atomic E-state index is 12.5. The van der Waals surface area contributed by atoms with Crippen molar-refractivity contribution in [1.82, 2.24) is 30.4 Å². The smallest absolute Gasteiger partial charge is 0.317 e. The van der Waals surface area contributed by atoms with Gasteiger partial charge in [0, 0.05) is 45.0 Å². The second kappa shape index (κ2) is 8.42. The first kappa shape index (κ1) is 18.5. The largest absolute Gasteiger partial charge is 0.497 e. The highest BCUT2D eigenvalue weighted by atomic mass is 16.5. The molecule has 0 bridgehead atoms. The molecule has 2 N–H and O–H groups in total. The average Bonchev–Trinajstić information content (AvgIpc) is 3.44. The highest BCUT2D eigenvalue weighted by molar-refractivity contribution is 5.74. The summed E-state index contributed by atoms with van der Waals surface area (Å²) in [5, 5.41) is 9.98. The average molecular weight is 387 g/mol. The van der Waals surface area contributed by atoms with Gasteiger partial charge in [-0.3, -0.25) is 5.10 Å². The zero-order chi connectivity index (χ0) is 19.3. The van der Waals surface area contributed by atoms with Gasteiger partial charge in [-0.2, -0.15) is 5.10 Å². The molecule has 2 aromatic rings. The van der Waals surface area contributed by atoms with Crippen LogP contribution in [0.3, 0.4) is 0 Å². The number of carbonyl (C=O) groups is 1. The van der Waals surface area contributed by atoms with Gasteiger partial charge in [0.2, 0.25) is 0 Å². The zero-order valence-corrected chi connectivity index (χ0v) is 15.9. The second-order valence-electron chi connectivity index (χ2n) is 6.83. The molecule has 2 aliphatic rings. The van der Waals surface area contributed by atoms with Gasteiger partial charge in [-0.05, 0) is 18.9 Å². The van der Waals surface area contributed by atoms with Crippen LogP contribution in [0, 0.1) is 0 Å². The molecule has 4 rings (SSSR count). The van der Waals surface area contributed by atoms with Crippen LogP contribution in [-0.4, -0.2) is 71.0 Å². The normalized spacial score (nSPS) is 19.7. The first-order valence-corrected chi connectivity index (χ1v) is 9.53. The van der Waals surface area contributed by atoms with E-state index >= 15 is 0 Å². The molecule has 10 heteroatoms. The number of carbonyl (C=O) groups excluding carboxylic acids is 1. The van der Waals surface area contributed by atoms with Crippen LogP contribution >= 0.6 is 0 Å². The number of hydrogen-bond acceptors (Lipinski definition) is 7. The summed E-state index contributed by atoms with van der Waals surface area (Å²) in [6.45, 7) is 3.77. The molecule has 0 aliphatic carbocycles. The SMILES string of the molecule is COc1ccnc(N2CCN(C(=O)NCc3nc(C4CCCO4)n[nH]3)CC2)c1. The van der Waals surface area contributed by atoms with Crippen LogP contribution in [0.5, 0.6) is 5.75 Å². The molecular formula is C18H25N7O3. The molecule has 0 radical (unpaired) electrons. The van der Waals surface area contributed by atoms with Gasteiger partial charge < -0.3 is 24.6 Å². The third-order valence-corrected chi connectivity index (χ3v) is 5.02. The molecule has 1 atom stereocenters. The van der Waals surface area contributed by atoms with Crippen LogP contribution in [0.2, 0.25) is 0 Å². The maximum absolute atomic E-state index is 12.5. The number of ether oxygens (including phenoxy) is 2. The van der Waals surface area contributed by atoms with E-state index < -0.39 is 0 Å². The van der Waals surface area contributed by atoms with E-state index in [2.05, 4.69) is 30.4 Å². The lowest BCUT2D eigenvalue weighted by Gasteiger charge is -2.35. The number of aromatic nitrogens is 4. The van der Waals surface area contributed by atoms with Crippen molar-refractivity contribution in [3.8, 4) is 5.75 Å². The van der Waals surface area contributed by atoms with Crippen molar-refractivity contribution < 1.29 is 14.3 Å². The number of aromatic amines is 1. The first-order chi connectivity index (χ1) is 13.7. The molecule has 2 amide bonds. The molecule has 10 nitrogen and oxygen atoms in total. The van der Waals surface area contributed by atoms with Gasteiger partial charge in [-0.1, -0.05) is 0 Å². The summed E-state index contributed by atoms with van der Waals surface area (Å²) in [5.74, 6) is 2.95. The quantitative estimate of drug-likeness (QED) is 0.790. The zero-order valence-electron chi connectivity index (χ0n) is 15.9. The Bertz CT molecular complexity index is 798. The number of amides is 2. The van der Waals surface area contributed by atoms with E-state index in [4.69, 9.17) is 9.47 Å². The number of nitrogens with zero attached hydrogens (tertiary/aromatic N) is 5.